The molecule has 0 saturated heterocycles. The van der Waals surface area contributed by atoms with Gasteiger partial charge in [0.1, 0.15) is 18.1 Å². The smallest absolute Gasteiger partial charge is 0.183 e. The Morgan fingerprint density at radius 1 is 1.56 bits per heavy atom. The van der Waals surface area contributed by atoms with Gasteiger partial charge in [-0.25, -0.2) is 4.68 Å². The first-order valence-electron chi connectivity index (χ1n) is 4.41. The van der Waals surface area contributed by atoms with Crippen molar-refractivity contribution in [2.75, 3.05) is 5.73 Å². The highest BCUT2D eigenvalue weighted by Gasteiger charge is 2.12. The van der Waals surface area contributed by atoms with Crippen molar-refractivity contribution < 1.29 is 4.42 Å². The predicted octanol–water partition coefficient (Wildman–Crippen LogP) is 3.54. The van der Waals surface area contributed by atoms with Crippen LogP contribution in [0.5, 0.6) is 0 Å². The summed E-state index contributed by atoms with van der Waals surface area (Å²) in [4.78, 5) is 0. The Balaban J connectivity index is 2.30. The second-order valence-electron chi connectivity index (χ2n) is 3.28. The van der Waals surface area contributed by atoms with E-state index in [0.717, 1.165) is 19.5 Å². The molecule has 4 nitrogen and oxygen atoms in total. The van der Waals surface area contributed by atoms with Gasteiger partial charge in [-0.2, -0.15) is 5.10 Å². The van der Waals surface area contributed by atoms with Crippen LogP contribution in [0.15, 0.2) is 19.6 Å². The Labute approximate surface area is 123 Å². The van der Waals surface area contributed by atoms with E-state index in [2.05, 4.69) is 59.5 Å². The fourth-order valence-corrected chi connectivity index (χ4v) is 2.36. The highest BCUT2D eigenvalue weighted by Crippen LogP contribution is 2.28. The van der Waals surface area contributed by atoms with Gasteiger partial charge in [-0.05, 0) is 67.4 Å². The van der Waals surface area contributed by atoms with Crippen LogP contribution in [0.3, 0.4) is 0 Å². The molecule has 0 aliphatic carbocycles. The van der Waals surface area contributed by atoms with Crippen molar-refractivity contribution in [2.45, 2.75) is 13.5 Å². The van der Waals surface area contributed by atoms with E-state index in [1.54, 1.807) is 4.68 Å². The molecule has 0 bridgehead atoms. The molecule has 16 heavy (non-hydrogen) atoms. The monoisotopic (exact) mass is 459 g/mol. The van der Waals surface area contributed by atoms with E-state index < -0.39 is 0 Å². The SMILES string of the molecule is Cc1nn(Cc2cc(Br)c(Br)o2)c(N)c1I. The normalized spacial score (nSPS) is 11.0. The Morgan fingerprint density at radius 2 is 2.25 bits per heavy atom. The lowest BCUT2D eigenvalue weighted by Gasteiger charge is -2.00. The standard InChI is InChI=1S/C9H8Br2IN3O/c1-4-7(12)9(13)15(14-4)3-5-2-6(10)8(11)16-5/h2H,3,13H2,1H3. The van der Waals surface area contributed by atoms with Gasteiger partial charge in [0.05, 0.1) is 13.7 Å². The van der Waals surface area contributed by atoms with Gasteiger partial charge < -0.3 is 10.2 Å². The second-order valence-corrected chi connectivity index (χ2v) is 5.93. The minimum Gasteiger partial charge on any atom is -0.451 e. The van der Waals surface area contributed by atoms with Crippen LogP contribution >= 0.6 is 54.5 Å². The number of halogens is 3. The Morgan fingerprint density at radius 3 is 2.69 bits per heavy atom. The van der Waals surface area contributed by atoms with Gasteiger partial charge in [-0.3, -0.25) is 0 Å². The summed E-state index contributed by atoms with van der Waals surface area (Å²) >= 11 is 8.84. The van der Waals surface area contributed by atoms with Gasteiger partial charge in [0.25, 0.3) is 0 Å². The third-order valence-corrected chi connectivity index (χ3v) is 5.14. The van der Waals surface area contributed by atoms with Crippen molar-refractivity contribution in [3.8, 4) is 0 Å². The van der Waals surface area contributed by atoms with E-state index in [1.807, 2.05) is 13.0 Å². The molecule has 2 aromatic heterocycles. The van der Waals surface area contributed by atoms with Crippen LogP contribution in [0, 0.1) is 10.5 Å². The first-order valence-corrected chi connectivity index (χ1v) is 7.07. The summed E-state index contributed by atoms with van der Waals surface area (Å²) in [5.74, 6) is 1.46. The van der Waals surface area contributed by atoms with Crippen LogP contribution in [0.1, 0.15) is 11.5 Å². The van der Waals surface area contributed by atoms with E-state index in [4.69, 9.17) is 10.2 Å². The maximum absolute atomic E-state index is 5.92. The van der Waals surface area contributed by atoms with Crippen LogP contribution in [-0.2, 0) is 6.54 Å². The van der Waals surface area contributed by atoms with Gasteiger partial charge in [0.2, 0.25) is 0 Å². The largest absolute Gasteiger partial charge is 0.451 e. The fourth-order valence-electron chi connectivity index (χ4n) is 1.31. The van der Waals surface area contributed by atoms with E-state index >= 15 is 0 Å². The number of aryl methyl sites for hydroxylation is 1. The van der Waals surface area contributed by atoms with Gasteiger partial charge >= 0.3 is 0 Å². The Hall–Kier alpha value is -0.0200. The number of hydrogen-bond acceptors (Lipinski definition) is 3. The average molecular weight is 461 g/mol. The molecule has 0 saturated carbocycles. The summed E-state index contributed by atoms with van der Waals surface area (Å²) in [5.41, 5.74) is 6.86. The summed E-state index contributed by atoms with van der Waals surface area (Å²) in [6.45, 7) is 2.46. The van der Waals surface area contributed by atoms with E-state index in [-0.39, 0.29) is 0 Å². The first kappa shape index (κ1) is 12.4. The maximum Gasteiger partial charge on any atom is 0.183 e. The molecule has 0 radical (unpaired) electrons. The molecular formula is C9H8Br2IN3O. The first-order chi connectivity index (χ1) is 7.49. The van der Waals surface area contributed by atoms with Gasteiger partial charge in [0, 0.05) is 0 Å². The molecule has 7 heteroatoms. The van der Waals surface area contributed by atoms with Crippen LogP contribution in [0.2, 0.25) is 0 Å². The lowest BCUT2D eigenvalue weighted by atomic mass is 10.4. The number of nitrogen functional groups attached to an aromatic ring is 1. The lowest BCUT2D eigenvalue weighted by molar-refractivity contribution is 0.463. The summed E-state index contributed by atoms with van der Waals surface area (Å²) in [6.07, 6.45) is 0. The quantitative estimate of drug-likeness (QED) is 0.697. The minimum absolute atomic E-state index is 0.528. The average Bonchev–Trinajstić information content (AvgIpc) is 2.64. The number of furan rings is 1. The molecule has 2 rings (SSSR count). The molecular weight excluding hydrogens is 453 g/mol. The second kappa shape index (κ2) is 4.69. The van der Waals surface area contributed by atoms with Crippen molar-refractivity contribution in [1.82, 2.24) is 9.78 Å². The van der Waals surface area contributed by atoms with E-state index in [1.165, 1.54) is 0 Å². The zero-order chi connectivity index (χ0) is 11.9. The molecule has 86 valence electrons. The van der Waals surface area contributed by atoms with Gasteiger partial charge in [-0.15, -0.1) is 0 Å². The summed E-state index contributed by atoms with van der Waals surface area (Å²) < 4.78 is 9.76. The van der Waals surface area contributed by atoms with Crippen molar-refractivity contribution in [3.63, 3.8) is 0 Å². The molecule has 2 heterocycles. The fraction of sp³-hybridized carbons (Fsp3) is 0.222. The van der Waals surface area contributed by atoms with Crippen molar-refractivity contribution >= 4 is 60.3 Å². The molecule has 0 spiro atoms. The number of hydrogen-bond donors (Lipinski definition) is 1. The van der Waals surface area contributed by atoms with E-state index in [0.29, 0.717) is 17.0 Å². The van der Waals surface area contributed by atoms with Gasteiger partial charge in [-0.1, -0.05) is 0 Å². The molecule has 0 atom stereocenters. The zero-order valence-corrected chi connectivity index (χ0v) is 13.6. The highest BCUT2D eigenvalue weighted by molar-refractivity contribution is 14.1. The molecule has 2 N–H and O–H groups in total. The molecule has 0 unspecified atom stereocenters. The molecule has 0 aliphatic rings. The van der Waals surface area contributed by atoms with Crippen LogP contribution in [0.25, 0.3) is 0 Å². The van der Waals surface area contributed by atoms with Crippen LogP contribution in [-0.4, -0.2) is 9.78 Å². The van der Waals surface area contributed by atoms with Crippen molar-refractivity contribution in [1.29, 1.82) is 0 Å². The Bertz CT molecular complexity index is 516. The molecule has 2 aromatic rings. The predicted molar refractivity (Wildman–Crippen MR) is 77.3 cm³/mol. The number of rotatable bonds is 2. The Kier molecular flexibility index (Phi) is 3.65. The summed E-state index contributed by atoms with van der Waals surface area (Å²) in [5, 5.41) is 4.34. The lowest BCUT2D eigenvalue weighted by Crippen LogP contribution is -2.05. The topological polar surface area (TPSA) is 57.0 Å². The summed E-state index contributed by atoms with van der Waals surface area (Å²) in [6, 6.07) is 1.90. The maximum atomic E-state index is 5.92. The third kappa shape index (κ3) is 2.30. The number of aromatic nitrogens is 2. The third-order valence-electron chi connectivity index (χ3n) is 2.09. The van der Waals surface area contributed by atoms with E-state index in [9.17, 15) is 0 Å². The van der Waals surface area contributed by atoms with Crippen molar-refractivity contribution in [2.24, 2.45) is 0 Å². The number of nitrogens with zero attached hydrogens (tertiary/aromatic N) is 2. The molecule has 0 aliphatic heterocycles. The molecule has 0 fully saturated rings. The highest BCUT2D eigenvalue weighted by atomic mass is 127. The van der Waals surface area contributed by atoms with Crippen LogP contribution < -0.4 is 5.73 Å². The van der Waals surface area contributed by atoms with Crippen LogP contribution in [0.4, 0.5) is 5.82 Å². The molecule has 0 aromatic carbocycles. The number of nitrogens with two attached hydrogens (primary N) is 1. The zero-order valence-electron chi connectivity index (χ0n) is 8.30. The van der Waals surface area contributed by atoms with Gasteiger partial charge in [0.15, 0.2) is 4.67 Å². The summed E-state index contributed by atoms with van der Waals surface area (Å²) in [7, 11) is 0. The minimum atomic E-state index is 0.528. The number of anilines is 1. The molecule has 0 amide bonds. The van der Waals surface area contributed by atoms with Crippen molar-refractivity contribution in [3.05, 3.63) is 30.2 Å².